The summed E-state index contributed by atoms with van der Waals surface area (Å²) >= 11 is 5.95. The third-order valence-electron chi connectivity index (χ3n) is 8.07. The molecule has 42 heavy (non-hydrogen) atoms. The van der Waals surface area contributed by atoms with E-state index in [0.717, 1.165) is 25.7 Å². The first-order valence-electron chi connectivity index (χ1n) is 14.5. The number of nitrogens with one attached hydrogen (secondary N) is 2. The largest absolute Gasteiger partial charge is 0.488 e. The van der Waals surface area contributed by atoms with Crippen LogP contribution in [0, 0.1) is 5.92 Å². The number of anilines is 1. The van der Waals surface area contributed by atoms with Crippen LogP contribution in [0.15, 0.2) is 47.4 Å². The summed E-state index contributed by atoms with van der Waals surface area (Å²) in [5.74, 6) is -0.0371. The van der Waals surface area contributed by atoms with Gasteiger partial charge in [-0.15, -0.1) is 0 Å². The molecule has 0 saturated heterocycles. The molecule has 10 nitrogen and oxygen atoms in total. The van der Waals surface area contributed by atoms with Crippen molar-refractivity contribution in [3.8, 4) is 5.75 Å². The highest BCUT2D eigenvalue weighted by Crippen LogP contribution is 2.30. The Bertz CT molecular complexity index is 1350. The Kier molecular flexibility index (Phi) is 10.7. The molecule has 1 saturated carbocycles. The number of hydrogen-bond donors (Lipinski definition) is 3. The standard InChI is InChI=1S/C30H41ClN4O6S/c1-20-17-35(21(2)19-36)29(37)16-22-15-25(33-30(38)32-24-7-5-4-6-8-24)11-14-27(22)41-28(20)18-34(3)42(39,40)26-12-9-23(31)10-13-26/h9-15,20-21,24,28,36H,4-8,16-19H2,1-3H3,(H2,32,33,38)/t20-,21-,28-/m1/s1. The van der Waals surface area contributed by atoms with Crippen molar-refractivity contribution >= 4 is 39.2 Å². The van der Waals surface area contributed by atoms with Gasteiger partial charge in [-0.25, -0.2) is 13.2 Å². The highest BCUT2D eigenvalue weighted by molar-refractivity contribution is 7.89. The van der Waals surface area contributed by atoms with Gasteiger partial charge in [-0.1, -0.05) is 37.8 Å². The molecule has 0 aromatic heterocycles. The molecule has 3 atom stereocenters. The topological polar surface area (TPSA) is 128 Å². The first-order chi connectivity index (χ1) is 20.0. The van der Waals surface area contributed by atoms with Crippen LogP contribution in [0.4, 0.5) is 10.5 Å². The molecule has 2 aromatic rings. The van der Waals surface area contributed by atoms with Crippen molar-refractivity contribution in [1.82, 2.24) is 14.5 Å². The number of sulfonamides is 1. The lowest BCUT2D eigenvalue weighted by atomic mass is 9.96. The van der Waals surface area contributed by atoms with E-state index in [0.29, 0.717) is 22.0 Å². The number of hydrogen-bond acceptors (Lipinski definition) is 6. The highest BCUT2D eigenvalue weighted by atomic mass is 35.5. The monoisotopic (exact) mass is 620 g/mol. The Balaban J connectivity index is 1.59. The number of benzene rings is 2. The van der Waals surface area contributed by atoms with E-state index in [-0.39, 0.29) is 54.9 Å². The quantitative estimate of drug-likeness (QED) is 0.405. The summed E-state index contributed by atoms with van der Waals surface area (Å²) in [5.41, 5.74) is 1.08. The van der Waals surface area contributed by atoms with Crippen molar-refractivity contribution in [1.29, 1.82) is 0 Å². The first-order valence-corrected chi connectivity index (χ1v) is 16.3. The van der Waals surface area contributed by atoms with Crippen molar-refractivity contribution in [3.05, 3.63) is 53.1 Å². The van der Waals surface area contributed by atoms with Gasteiger partial charge in [0.15, 0.2) is 0 Å². The minimum atomic E-state index is -3.84. The van der Waals surface area contributed by atoms with E-state index < -0.39 is 22.2 Å². The molecule has 0 bridgehead atoms. The zero-order chi connectivity index (χ0) is 30.4. The highest BCUT2D eigenvalue weighted by Gasteiger charge is 2.33. The molecule has 230 valence electrons. The smallest absolute Gasteiger partial charge is 0.319 e. The minimum Gasteiger partial charge on any atom is -0.488 e. The molecule has 3 N–H and O–H groups in total. The number of urea groups is 1. The summed E-state index contributed by atoms with van der Waals surface area (Å²) in [5, 5.41) is 16.2. The molecular weight excluding hydrogens is 580 g/mol. The number of carbonyl (C=O) groups is 2. The van der Waals surface area contributed by atoms with Crippen molar-refractivity contribution in [2.24, 2.45) is 5.92 Å². The number of carbonyl (C=O) groups excluding carboxylic acids is 2. The van der Waals surface area contributed by atoms with E-state index in [1.54, 1.807) is 30.0 Å². The SMILES string of the molecule is C[C@@H]1CN([C@H](C)CO)C(=O)Cc2cc(NC(=O)NC3CCCCC3)ccc2O[C@@H]1CN(C)S(=O)(=O)c1ccc(Cl)cc1. The predicted octanol–water partition coefficient (Wildman–Crippen LogP) is 4.26. The maximum atomic E-state index is 13.5. The van der Waals surface area contributed by atoms with Crippen LogP contribution in [0.3, 0.4) is 0 Å². The van der Waals surface area contributed by atoms with Gasteiger partial charge in [-0.3, -0.25) is 4.79 Å². The predicted molar refractivity (Wildman–Crippen MR) is 162 cm³/mol. The maximum absolute atomic E-state index is 13.5. The summed E-state index contributed by atoms with van der Waals surface area (Å²) < 4.78 is 34.4. The molecule has 0 radical (unpaired) electrons. The molecule has 2 aliphatic rings. The summed E-state index contributed by atoms with van der Waals surface area (Å²) in [6, 6.07) is 10.5. The molecule has 1 fully saturated rings. The van der Waals surface area contributed by atoms with E-state index in [9.17, 15) is 23.1 Å². The van der Waals surface area contributed by atoms with Gasteiger partial charge < -0.3 is 25.4 Å². The zero-order valence-corrected chi connectivity index (χ0v) is 26.0. The van der Waals surface area contributed by atoms with E-state index in [1.807, 2.05) is 6.92 Å². The molecule has 12 heteroatoms. The average Bonchev–Trinajstić information content (AvgIpc) is 3.00. The average molecular weight is 621 g/mol. The Morgan fingerprint density at radius 1 is 1.17 bits per heavy atom. The number of fused-ring (bicyclic) bond motifs is 1. The lowest BCUT2D eigenvalue weighted by molar-refractivity contribution is -0.134. The van der Waals surface area contributed by atoms with Gasteiger partial charge in [0.25, 0.3) is 0 Å². The Labute approximate surface area is 253 Å². The Morgan fingerprint density at radius 2 is 1.86 bits per heavy atom. The fourth-order valence-electron chi connectivity index (χ4n) is 5.46. The van der Waals surface area contributed by atoms with Gasteiger partial charge in [0.1, 0.15) is 11.9 Å². The van der Waals surface area contributed by atoms with Crippen LogP contribution in [-0.2, 0) is 21.2 Å². The number of ether oxygens (including phenoxy) is 1. The number of aliphatic hydroxyl groups excluding tert-OH is 1. The molecule has 1 aliphatic heterocycles. The number of aliphatic hydroxyl groups is 1. The van der Waals surface area contributed by atoms with Crippen LogP contribution in [0.5, 0.6) is 5.75 Å². The van der Waals surface area contributed by atoms with Crippen molar-refractivity contribution in [2.45, 2.75) is 75.5 Å². The lowest BCUT2D eigenvalue weighted by Crippen LogP contribution is -2.48. The van der Waals surface area contributed by atoms with Crippen molar-refractivity contribution in [3.63, 3.8) is 0 Å². The molecule has 0 unspecified atom stereocenters. The lowest BCUT2D eigenvalue weighted by Gasteiger charge is -2.33. The minimum absolute atomic E-state index is 0.00219. The van der Waals surface area contributed by atoms with Crippen LogP contribution in [0.25, 0.3) is 0 Å². The molecule has 1 aliphatic carbocycles. The van der Waals surface area contributed by atoms with Crippen LogP contribution < -0.4 is 15.4 Å². The third kappa shape index (κ3) is 7.94. The van der Waals surface area contributed by atoms with Gasteiger partial charge >= 0.3 is 6.03 Å². The molecule has 1 heterocycles. The fraction of sp³-hybridized carbons (Fsp3) is 0.533. The second kappa shape index (κ2) is 14.1. The summed E-state index contributed by atoms with van der Waals surface area (Å²) in [6.07, 6.45) is 4.68. The van der Waals surface area contributed by atoms with Crippen LogP contribution in [-0.4, -0.2) is 79.6 Å². The Morgan fingerprint density at radius 3 is 2.52 bits per heavy atom. The van der Waals surface area contributed by atoms with Crippen molar-refractivity contribution in [2.75, 3.05) is 32.1 Å². The second-order valence-electron chi connectivity index (χ2n) is 11.4. The summed E-state index contributed by atoms with van der Waals surface area (Å²) in [6.45, 7) is 3.73. The first kappa shape index (κ1) is 32.1. The van der Waals surface area contributed by atoms with Gasteiger partial charge in [0.2, 0.25) is 15.9 Å². The number of halogens is 1. The van der Waals surface area contributed by atoms with Gasteiger partial charge in [-0.2, -0.15) is 4.31 Å². The van der Waals surface area contributed by atoms with Gasteiger partial charge in [0, 0.05) is 41.8 Å². The maximum Gasteiger partial charge on any atom is 0.319 e. The molecule has 3 amide bonds. The van der Waals surface area contributed by atoms with Gasteiger partial charge in [-0.05, 0) is 62.2 Å². The summed E-state index contributed by atoms with van der Waals surface area (Å²) in [7, 11) is -2.35. The van der Waals surface area contributed by atoms with E-state index >= 15 is 0 Å². The van der Waals surface area contributed by atoms with E-state index in [4.69, 9.17) is 16.3 Å². The fourth-order valence-corrected chi connectivity index (χ4v) is 6.77. The second-order valence-corrected chi connectivity index (χ2v) is 13.9. The molecule has 2 aromatic carbocycles. The normalized spacial score (nSPS) is 21.0. The molecular formula is C30H41ClN4O6S. The number of rotatable bonds is 8. The zero-order valence-electron chi connectivity index (χ0n) is 24.4. The number of nitrogens with zero attached hydrogens (tertiary/aromatic N) is 2. The number of amides is 3. The Hall–Kier alpha value is -2.86. The third-order valence-corrected chi connectivity index (χ3v) is 10.2. The molecule has 0 spiro atoms. The van der Waals surface area contributed by atoms with Crippen LogP contribution in [0.2, 0.25) is 5.02 Å². The van der Waals surface area contributed by atoms with Crippen LogP contribution >= 0.6 is 11.6 Å². The summed E-state index contributed by atoms with van der Waals surface area (Å²) in [4.78, 5) is 27.9. The van der Waals surface area contributed by atoms with Gasteiger partial charge in [0.05, 0.1) is 30.5 Å². The van der Waals surface area contributed by atoms with E-state index in [2.05, 4.69) is 10.6 Å². The van der Waals surface area contributed by atoms with Crippen molar-refractivity contribution < 1.29 is 27.9 Å². The molecule has 4 rings (SSSR count). The van der Waals surface area contributed by atoms with E-state index in [1.165, 1.54) is 42.0 Å². The number of likely N-dealkylation sites (N-methyl/N-ethyl adjacent to an activating group) is 1. The van der Waals surface area contributed by atoms with Crippen LogP contribution in [0.1, 0.15) is 51.5 Å².